The summed E-state index contributed by atoms with van der Waals surface area (Å²) in [5, 5.41) is 0. The summed E-state index contributed by atoms with van der Waals surface area (Å²) in [6.45, 7) is 11.5. The maximum absolute atomic E-state index is 11.5. The van der Waals surface area contributed by atoms with Gasteiger partial charge in [0.25, 0.3) is 0 Å². The number of ketones is 1. The molecule has 2 fully saturated rings. The molecule has 0 aliphatic carbocycles. The molecular weight excluding hydrogens is 200 g/mol. The molecule has 1 unspecified atom stereocenters. The molecule has 92 valence electrons. The fourth-order valence-corrected chi connectivity index (χ4v) is 2.87. The molecule has 2 heterocycles. The van der Waals surface area contributed by atoms with Crippen molar-refractivity contribution in [3.8, 4) is 0 Å². The molecule has 0 saturated carbocycles. The third kappa shape index (κ3) is 2.46. The van der Waals surface area contributed by atoms with Gasteiger partial charge in [-0.05, 0) is 26.3 Å². The van der Waals surface area contributed by atoms with Crippen LogP contribution >= 0.6 is 0 Å². The van der Waals surface area contributed by atoms with Crippen LogP contribution in [0, 0.1) is 5.41 Å². The van der Waals surface area contributed by atoms with Crippen LogP contribution in [0.15, 0.2) is 0 Å². The van der Waals surface area contributed by atoms with Crippen molar-refractivity contribution in [2.75, 3.05) is 32.7 Å². The second kappa shape index (κ2) is 4.46. The van der Waals surface area contributed by atoms with Crippen molar-refractivity contribution >= 4 is 5.78 Å². The minimum atomic E-state index is -0.180. The molecule has 0 bridgehead atoms. The van der Waals surface area contributed by atoms with Crippen molar-refractivity contribution in [2.24, 2.45) is 5.41 Å². The lowest BCUT2D eigenvalue weighted by molar-refractivity contribution is -0.126. The van der Waals surface area contributed by atoms with Crippen LogP contribution in [0.25, 0.3) is 0 Å². The van der Waals surface area contributed by atoms with E-state index in [1.54, 1.807) is 6.92 Å². The number of piperazine rings is 1. The molecule has 0 amide bonds. The largest absolute Gasteiger partial charge is 0.300 e. The van der Waals surface area contributed by atoms with Crippen LogP contribution in [0.4, 0.5) is 0 Å². The van der Waals surface area contributed by atoms with Crippen molar-refractivity contribution in [1.29, 1.82) is 0 Å². The third-order valence-electron chi connectivity index (χ3n) is 4.24. The van der Waals surface area contributed by atoms with E-state index in [9.17, 15) is 4.79 Å². The van der Waals surface area contributed by atoms with E-state index in [1.165, 1.54) is 25.9 Å². The first-order chi connectivity index (χ1) is 7.49. The van der Waals surface area contributed by atoms with E-state index in [1.807, 2.05) is 0 Å². The van der Waals surface area contributed by atoms with Crippen LogP contribution < -0.4 is 0 Å². The summed E-state index contributed by atoms with van der Waals surface area (Å²) in [5.74, 6) is 0.307. The summed E-state index contributed by atoms with van der Waals surface area (Å²) >= 11 is 0. The highest BCUT2D eigenvalue weighted by Crippen LogP contribution is 2.25. The molecule has 0 radical (unpaired) electrons. The molecule has 0 aromatic rings. The first kappa shape index (κ1) is 12.1. The number of fused-ring (bicyclic) bond motifs is 1. The second-order valence-corrected chi connectivity index (χ2v) is 6.01. The van der Waals surface area contributed by atoms with E-state index in [0.29, 0.717) is 5.78 Å². The fraction of sp³-hybridized carbons (Fsp3) is 0.923. The van der Waals surface area contributed by atoms with Crippen LogP contribution in [0.2, 0.25) is 0 Å². The van der Waals surface area contributed by atoms with E-state index in [0.717, 1.165) is 25.7 Å². The average molecular weight is 224 g/mol. The number of carbonyl (C=O) groups is 1. The van der Waals surface area contributed by atoms with Gasteiger partial charge >= 0.3 is 0 Å². The highest BCUT2D eigenvalue weighted by Gasteiger charge is 2.34. The molecule has 1 atom stereocenters. The molecule has 3 heteroatoms. The van der Waals surface area contributed by atoms with Crippen LogP contribution in [-0.2, 0) is 4.79 Å². The number of hydrogen-bond acceptors (Lipinski definition) is 3. The number of hydrogen-bond donors (Lipinski definition) is 0. The number of rotatable bonds is 3. The molecule has 0 aromatic carbocycles. The zero-order valence-electron chi connectivity index (χ0n) is 10.8. The molecule has 0 spiro atoms. The molecule has 16 heavy (non-hydrogen) atoms. The van der Waals surface area contributed by atoms with Gasteiger partial charge in [-0.25, -0.2) is 0 Å². The van der Waals surface area contributed by atoms with Gasteiger partial charge in [-0.1, -0.05) is 13.8 Å². The summed E-state index contributed by atoms with van der Waals surface area (Å²) in [7, 11) is 0. The fourth-order valence-electron chi connectivity index (χ4n) is 2.87. The Hall–Kier alpha value is -0.410. The van der Waals surface area contributed by atoms with E-state index in [4.69, 9.17) is 0 Å². The number of nitrogens with zero attached hydrogens (tertiary/aromatic N) is 2. The number of carbonyl (C=O) groups excluding carboxylic acids is 1. The zero-order valence-corrected chi connectivity index (χ0v) is 10.8. The maximum Gasteiger partial charge on any atom is 0.136 e. The van der Waals surface area contributed by atoms with Gasteiger partial charge in [0.1, 0.15) is 5.78 Å². The Labute approximate surface area is 98.8 Å². The molecule has 0 N–H and O–H groups in total. The van der Waals surface area contributed by atoms with Gasteiger partial charge in [-0.2, -0.15) is 0 Å². The smallest absolute Gasteiger partial charge is 0.136 e. The first-order valence-corrected chi connectivity index (χ1v) is 6.46. The third-order valence-corrected chi connectivity index (χ3v) is 4.24. The van der Waals surface area contributed by atoms with Crippen molar-refractivity contribution in [3.05, 3.63) is 0 Å². The van der Waals surface area contributed by atoms with Crippen molar-refractivity contribution in [3.63, 3.8) is 0 Å². The lowest BCUT2D eigenvalue weighted by atomic mass is 9.88. The Kier molecular flexibility index (Phi) is 3.36. The van der Waals surface area contributed by atoms with E-state index in [2.05, 4.69) is 23.6 Å². The SMILES string of the molecule is CC(=O)C(C)(C)CN1CCN2CCCC2C1. The average Bonchev–Trinajstić information content (AvgIpc) is 2.63. The van der Waals surface area contributed by atoms with Gasteiger partial charge in [-0.15, -0.1) is 0 Å². The lowest BCUT2D eigenvalue weighted by Gasteiger charge is -2.40. The minimum Gasteiger partial charge on any atom is -0.300 e. The Morgan fingerprint density at radius 3 is 2.75 bits per heavy atom. The molecule has 2 rings (SSSR count). The zero-order chi connectivity index (χ0) is 11.8. The monoisotopic (exact) mass is 224 g/mol. The predicted octanol–water partition coefficient (Wildman–Crippen LogP) is 1.38. The highest BCUT2D eigenvalue weighted by molar-refractivity contribution is 5.81. The van der Waals surface area contributed by atoms with E-state index >= 15 is 0 Å². The van der Waals surface area contributed by atoms with Crippen LogP contribution in [0.5, 0.6) is 0 Å². The summed E-state index contributed by atoms with van der Waals surface area (Å²) in [5.41, 5.74) is -0.180. The second-order valence-electron chi connectivity index (χ2n) is 6.01. The van der Waals surface area contributed by atoms with E-state index in [-0.39, 0.29) is 5.41 Å². The molecule has 2 saturated heterocycles. The Bertz CT molecular complexity index is 275. The van der Waals surface area contributed by atoms with Crippen molar-refractivity contribution in [2.45, 2.75) is 39.7 Å². The summed E-state index contributed by atoms with van der Waals surface area (Å²) < 4.78 is 0. The lowest BCUT2D eigenvalue weighted by Crippen LogP contribution is -2.52. The normalized spacial score (nSPS) is 28.1. The van der Waals surface area contributed by atoms with Gasteiger partial charge in [0.15, 0.2) is 0 Å². The molecule has 0 aromatic heterocycles. The molecule has 2 aliphatic heterocycles. The maximum atomic E-state index is 11.5. The van der Waals surface area contributed by atoms with E-state index < -0.39 is 0 Å². The number of Topliss-reactive ketones (excluding diaryl/α,β-unsaturated/α-hetero) is 1. The van der Waals surface area contributed by atoms with Gasteiger partial charge < -0.3 is 0 Å². The first-order valence-electron chi connectivity index (χ1n) is 6.46. The van der Waals surface area contributed by atoms with Gasteiger partial charge in [0.05, 0.1) is 0 Å². The topological polar surface area (TPSA) is 23.6 Å². The molecule has 3 nitrogen and oxygen atoms in total. The predicted molar refractivity (Wildman–Crippen MR) is 65.5 cm³/mol. The summed E-state index contributed by atoms with van der Waals surface area (Å²) in [6, 6.07) is 0.761. The molecule has 2 aliphatic rings. The Morgan fingerprint density at radius 1 is 1.31 bits per heavy atom. The highest BCUT2D eigenvalue weighted by atomic mass is 16.1. The van der Waals surface area contributed by atoms with Crippen LogP contribution in [0.1, 0.15) is 33.6 Å². The van der Waals surface area contributed by atoms with Crippen molar-refractivity contribution in [1.82, 2.24) is 9.80 Å². The van der Waals surface area contributed by atoms with Gasteiger partial charge in [0, 0.05) is 37.6 Å². The summed E-state index contributed by atoms with van der Waals surface area (Å²) in [6.07, 6.45) is 2.70. The quantitative estimate of drug-likeness (QED) is 0.723. The van der Waals surface area contributed by atoms with Crippen LogP contribution in [0.3, 0.4) is 0 Å². The Balaban J connectivity index is 1.90. The standard InChI is InChI=1S/C13H24N2O/c1-11(16)13(2,3)10-14-7-8-15-6-4-5-12(15)9-14/h12H,4-10H2,1-3H3. The summed E-state index contributed by atoms with van der Waals surface area (Å²) in [4.78, 5) is 16.6. The van der Waals surface area contributed by atoms with Gasteiger partial charge in [0.2, 0.25) is 0 Å². The minimum absolute atomic E-state index is 0.180. The van der Waals surface area contributed by atoms with Gasteiger partial charge in [-0.3, -0.25) is 14.6 Å². The van der Waals surface area contributed by atoms with Crippen molar-refractivity contribution < 1.29 is 4.79 Å². The molecular formula is C13H24N2O. The van der Waals surface area contributed by atoms with Crippen LogP contribution in [-0.4, -0.2) is 54.3 Å². The Morgan fingerprint density at radius 2 is 2.06 bits per heavy atom.